The minimum absolute atomic E-state index is 0.148. The molecule has 0 spiro atoms. The van der Waals surface area contributed by atoms with Crippen LogP contribution in [0.2, 0.25) is 0 Å². The van der Waals surface area contributed by atoms with Crippen molar-refractivity contribution in [3.63, 3.8) is 0 Å². The number of nitrogens with one attached hydrogen (secondary N) is 3. The highest BCUT2D eigenvalue weighted by atomic mass is 16.3. The number of aliphatic hydroxyl groups is 1. The fourth-order valence-corrected chi connectivity index (χ4v) is 3.67. The Morgan fingerprint density at radius 3 is 2.19 bits per heavy atom. The zero-order valence-corrected chi connectivity index (χ0v) is 17.6. The van der Waals surface area contributed by atoms with Crippen molar-refractivity contribution in [1.82, 2.24) is 15.5 Å². The second-order valence-corrected chi connectivity index (χ2v) is 8.46. The monoisotopic (exact) mass is 422 g/mol. The maximum Gasteiger partial charge on any atom is 0.319 e. The van der Waals surface area contributed by atoms with Gasteiger partial charge in [0.2, 0.25) is 0 Å². The van der Waals surface area contributed by atoms with Crippen LogP contribution in [0.4, 0.5) is 10.5 Å². The lowest BCUT2D eigenvalue weighted by atomic mass is 10.1. The molecule has 2 fully saturated rings. The quantitative estimate of drug-likeness (QED) is 0.552. The zero-order chi connectivity index (χ0) is 21.6. The molecule has 1 aliphatic carbocycles. The minimum Gasteiger partial charge on any atom is -0.393 e. The van der Waals surface area contributed by atoms with Gasteiger partial charge >= 0.3 is 6.03 Å². The highest BCUT2D eigenvalue weighted by Crippen LogP contribution is 2.19. The first-order valence-electron chi connectivity index (χ1n) is 11.0. The van der Waals surface area contributed by atoms with Crippen LogP contribution in [0.1, 0.15) is 47.2 Å². The van der Waals surface area contributed by atoms with Gasteiger partial charge in [0.1, 0.15) is 0 Å². The molecule has 1 saturated heterocycles. The van der Waals surface area contributed by atoms with Crippen molar-refractivity contribution < 1.29 is 14.7 Å². The minimum atomic E-state index is -0.207. The Bertz CT molecular complexity index is 886. The lowest BCUT2D eigenvalue weighted by Gasteiger charge is -2.29. The second-order valence-electron chi connectivity index (χ2n) is 8.46. The van der Waals surface area contributed by atoms with Gasteiger partial charge in [-0.2, -0.15) is 0 Å². The first kappa shape index (κ1) is 21.3. The Labute approximate surface area is 182 Å². The summed E-state index contributed by atoms with van der Waals surface area (Å²) in [6.07, 6.45) is 3.61. The van der Waals surface area contributed by atoms with Gasteiger partial charge in [0, 0.05) is 43.5 Å². The van der Waals surface area contributed by atoms with Crippen molar-refractivity contribution in [3.05, 3.63) is 65.2 Å². The normalized spacial score (nSPS) is 17.2. The van der Waals surface area contributed by atoms with Crippen LogP contribution in [0.25, 0.3) is 0 Å². The van der Waals surface area contributed by atoms with E-state index in [1.165, 1.54) is 5.56 Å². The van der Waals surface area contributed by atoms with Gasteiger partial charge < -0.3 is 21.1 Å². The average molecular weight is 423 g/mol. The number of hydrogen-bond acceptors (Lipinski definition) is 4. The molecule has 1 heterocycles. The number of piperidine rings is 1. The molecule has 164 valence electrons. The summed E-state index contributed by atoms with van der Waals surface area (Å²) in [6, 6.07) is 15.3. The molecule has 0 radical (unpaired) electrons. The molecular weight excluding hydrogens is 392 g/mol. The van der Waals surface area contributed by atoms with E-state index < -0.39 is 0 Å². The lowest BCUT2D eigenvalue weighted by molar-refractivity contribution is 0.0792. The average Bonchev–Trinajstić information content (AvgIpc) is 3.59. The van der Waals surface area contributed by atoms with E-state index in [1.807, 2.05) is 12.1 Å². The van der Waals surface area contributed by atoms with Gasteiger partial charge in [-0.25, -0.2) is 4.79 Å². The van der Waals surface area contributed by atoms with Gasteiger partial charge in [0.25, 0.3) is 5.91 Å². The molecule has 3 amide bonds. The molecule has 4 rings (SSSR count). The second kappa shape index (κ2) is 9.94. The summed E-state index contributed by atoms with van der Waals surface area (Å²) in [4.78, 5) is 26.6. The van der Waals surface area contributed by atoms with E-state index in [4.69, 9.17) is 0 Å². The van der Waals surface area contributed by atoms with Crippen LogP contribution >= 0.6 is 0 Å². The van der Waals surface area contributed by atoms with Gasteiger partial charge in [0.15, 0.2) is 0 Å². The standard InChI is InChI=1S/C24H30N4O3/c29-22-11-13-28(14-12-22)16-18-3-1-17(2-4-18)15-25-23(30)19-5-7-20(8-6-19)26-24(31)27-21-9-10-21/h1-8,21-22,29H,9-16H2,(H,25,30)(H2,26,27,31). The van der Waals surface area contributed by atoms with Crippen molar-refractivity contribution in [2.24, 2.45) is 0 Å². The molecular formula is C24H30N4O3. The van der Waals surface area contributed by atoms with Crippen molar-refractivity contribution in [3.8, 4) is 0 Å². The number of aliphatic hydroxyl groups excluding tert-OH is 1. The number of hydrogen-bond donors (Lipinski definition) is 4. The van der Waals surface area contributed by atoms with Crippen molar-refractivity contribution in [1.29, 1.82) is 0 Å². The molecule has 2 aliphatic rings. The first-order valence-corrected chi connectivity index (χ1v) is 11.0. The maximum atomic E-state index is 12.4. The Hall–Kier alpha value is -2.90. The van der Waals surface area contributed by atoms with Gasteiger partial charge in [-0.15, -0.1) is 0 Å². The maximum absolute atomic E-state index is 12.4. The Kier molecular flexibility index (Phi) is 6.84. The number of anilines is 1. The summed E-state index contributed by atoms with van der Waals surface area (Å²) in [5, 5.41) is 18.2. The third-order valence-electron chi connectivity index (χ3n) is 5.76. The molecule has 2 aromatic rings. The molecule has 2 aromatic carbocycles. The van der Waals surface area contributed by atoms with Crippen LogP contribution in [-0.4, -0.2) is 47.2 Å². The van der Waals surface area contributed by atoms with E-state index in [1.54, 1.807) is 24.3 Å². The van der Waals surface area contributed by atoms with Crippen LogP contribution in [0.5, 0.6) is 0 Å². The van der Waals surface area contributed by atoms with E-state index in [0.29, 0.717) is 23.8 Å². The topological polar surface area (TPSA) is 93.7 Å². The van der Waals surface area contributed by atoms with Crippen LogP contribution in [0.15, 0.2) is 48.5 Å². The van der Waals surface area contributed by atoms with E-state index >= 15 is 0 Å². The number of likely N-dealkylation sites (tertiary alicyclic amines) is 1. The fraction of sp³-hybridized carbons (Fsp3) is 0.417. The van der Waals surface area contributed by atoms with E-state index in [0.717, 1.165) is 50.9 Å². The Morgan fingerprint density at radius 2 is 1.55 bits per heavy atom. The Balaban J connectivity index is 1.22. The number of urea groups is 1. The van der Waals surface area contributed by atoms with Crippen molar-refractivity contribution >= 4 is 17.6 Å². The molecule has 0 aromatic heterocycles. The predicted octanol–water partition coefficient (Wildman–Crippen LogP) is 2.86. The molecule has 7 heteroatoms. The smallest absolute Gasteiger partial charge is 0.319 e. The van der Waals surface area contributed by atoms with Crippen LogP contribution in [0.3, 0.4) is 0 Å². The molecule has 0 atom stereocenters. The van der Waals surface area contributed by atoms with E-state index in [2.05, 4.69) is 33.0 Å². The highest BCUT2D eigenvalue weighted by Gasteiger charge is 2.23. The third kappa shape index (κ3) is 6.54. The summed E-state index contributed by atoms with van der Waals surface area (Å²) in [5.74, 6) is -0.148. The number of carbonyl (C=O) groups excluding carboxylic acids is 2. The summed E-state index contributed by atoms with van der Waals surface area (Å²) in [5.41, 5.74) is 3.49. The number of nitrogens with zero attached hydrogens (tertiary/aromatic N) is 1. The van der Waals surface area contributed by atoms with Gasteiger partial charge in [-0.3, -0.25) is 9.69 Å². The summed E-state index contributed by atoms with van der Waals surface area (Å²) >= 11 is 0. The molecule has 7 nitrogen and oxygen atoms in total. The van der Waals surface area contributed by atoms with Gasteiger partial charge in [-0.05, 0) is 61.1 Å². The summed E-state index contributed by atoms with van der Waals surface area (Å²) < 4.78 is 0. The molecule has 1 saturated carbocycles. The highest BCUT2D eigenvalue weighted by molar-refractivity contribution is 5.95. The predicted molar refractivity (Wildman–Crippen MR) is 120 cm³/mol. The van der Waals surface area contributed by atoms with Crippen LogP contribution in [-0.2, 0) is 13.1 Å². The molecule has 31 heavy (non-hydrogen) atoms. The molecule has 0 bridgehead atoms. The van der Waals surface area contributed by atoms with Crippen molar-refractivity contribution in [2.75, 3.05) is 18.4 Å². The number of amides is 3. The first-order chi connectivity index (χ1) is 15.0. The number of benzene rings is 2. The van der Waals surface area contributed by atoms with Crippen LogP contribution in [0, 0.1) is 0 Å². The SMILES string of the molecule is O=C(Nc1ccc(C(=O)NCc2ccc(CN3CCC(O)CC3)cc2)cc1)NC1CC1. The molecule has 0 unspecified atom stereocenters. The number of rotatable bonds is 7. The fourth-order valence-electron chi connectivity index (χ4n) is 3.67. The lowest BCUT2D eigenvalue weighted by Crippen LogP contribution is -2.35. The third-order valence-corrected chi connectivity index (χ3v) is 5.76. The van der Waals surface area contributed by atoms with E-state index in [-0.39, 0.29) is 18.0 Å². The summed E-state index contributed by atoms with van der Waals surface area (Å²) in [6.45, 7) is 3.20. The zero-order valence-electron chi connectivity index (χ0n) is 17.6. The van der Waals surface area contributed by atoms with Crippen molar-refractivity contribution in [2.45, 2.75) is 50.9 Å². The van der Waals surface area contributed by atoms with E-state index in [9.17, 15) is 14.7 Å². The van der Waals surface area contributed by atoms with Gasteiger partial charge in [-0.1, -0.05) is 24.3 Å². The van der Waals surface area contributed by atoms with Crippen LogP contribution < -0.4 is 16.0 Å². The largest absolute Gasteiger partial charge is 0.393 e. The summed E-state index contributed by atoms with van der Waals surface area (Å²) in [7, 11) is 0. The molecule has 4 N–H and O–H groups in total. The number of carbonyl (C=O) groups is 2. The Morgan fingerprint density at radius 1 is 0.903 bits per heavy atom. The van der Waals surface area contributed by atoms with Gasteiger partial charge in [0.05, 0.1) is 6.10 Å². The molecule has 1 aliphatic heterocycles.